The van der Waals surface area contributed by atoms with Crippen molar-refractivity contribution in [3.63, 3.8) is 0 Å². The Morgan fingerprint density at radius 1 is 0.434 bits per heavy atom. The first kappa shape index (κ1) is 74.0. The second kappa shape index (κ2) is 45.5. The first-order valence-electron chi connectivity index (χ1n) is 29.4. The van der Waals surface area contributed by atoms with E-state index in [1.165, 1.54) is 0 Å². The summed E-state index contributed by atoms with van der Waals surface area (Å²) in [5.74, 6) is -2.64. The van der Waals surface area contributed by atoms with Gasteiger partial charge in [-0.05, 0) is 135 Å². The molecule has 1 rings (SSSR count). The fourth-order valence-electron chi connectivity index (χ4n) is 9.20. The molecular formula is C55H104N20O8. The molecule has 0 aromatic heterocycles. The fourth-order valence-corrected chi connectivity index (χ4v) is 9.20. The number of carbonyl (C=O) groups excluding carboxylic acids is 7. The summed E-state index contributed by atoms with van der Waals surface area (Å²) in [6.07, 6.45) is 8.29. The molecule has 0 aliphatic carbocycles. The van der Waals surface area contributed by atoms with Crippen LogP contribution in [0.5, 0.6) is 5.75 Å². The number of likely N-dealkylation sites (N-methyl/N-ethyl adjacent to an activating group) is 1. The summed E-state index contributed by atoms with van der Waals surface area (Å²) in [5, 5.41) is 33.4. The maximum atomic E-state index is 13.9. The van der Waals surface area contributed by atoms with E-state index in [1.807, 2.05) is 6.92 Å². The normalized spacial score (nSPS) is 13.5. The minimum atomic E-state index is -0.677. The van der Waals surface area contributed by atoms with Crippen LogP contribution in [0.15, 0.2) is 39.2 Å². The molecule has 0 bridgehead atoms. The molecule has 28 nitrogen and oxygen atoms in total. The molecule has 7 atom stereocenters. The summed E-state index contributed by atoms with van der Waals surface area (Å²) in [4.78, 5) is 107. The van der Waals surface area contributed by atoms with Crippen LogP contribution in [0.3, 0.4) is 0 Å². The van der Waals surface area contributed by atoms with Crippen LogP contribution in [0.2, 0.25) is 0 Å². The first-order chi connectivity index (χ1) is 39.6. The molecule has 0 aliphatic heterocycles. The second-order valence-electron chi connectivity index (χ2n) is 21.2. The van der Waals surface area contributed by atoms with E-state index in [2.05, 4.69) is 57.5 Å². The summed E-state index contributed by atoms with van der Waals surface area (Å²) in [6, 6.07) is 3.31. The molecule has 83 heavy (non-hydrogen) atoms. The van der Waals surface area contributed by atoms with Crippen molar-refractivity contribution in [2.24, 2.45) is 66.6 Å². The highest BCUT2D eigenvalue weighted by Crippen LogP contribution is 2.15. The van der Waals surface area contributed by atoms with E-state index in [9.17, 15) is 38.7 Å². The Bertz CT molecular complexity index is 2120. The predicted molar refractivity (Wildman–Crippen MR) is 326 cm³/mol. The average molecular weight is 1170 g/mol. The molecule has 1 aromatic rings. The number of nitrogens with two attached hydrogens (primary N) is 9. The van der Waals surface area contributed by atoms with Gasteiger partial charge in [-0.15, -0.1) is 0 Å². The summed E-state index contributed by atoms with van der Waals surface area (Å²) in [6.45, 7) is 4.12. The molecule has 7 amide bonds. The Morgan fingerprint density at radius 3 is 1.11 bits per heavy atom. The lowest BCUT2D eigenvalue weighted by molar-refractivity contribution is -0.126. The van der Waals surface area contributed by atoms with E-state index in [0.717, 1.165) is 24.8 Å². The zero-order valence-corrected chi connectivity index (χ0v) is 49.4. The van der Waals surface area contributed by atoms with Crippen LogP contribution in [0.25, 0.3) is 0 Å². The SMILES string of the molecule is CN[C@H](CC(=O)NCCC(=O)N[C@@H](CCCN=C(N)N)CC(=O)N[C@@H](CCCCN)CC(=O)N[C@@H](CCCCN)CC(=O)N[C@@H](CCCN=C(N)N)CC(=O)N[C@@H](CCCN=C(N)N)CC(=O)N[C@H](C)CCCCN)Cc1ccc(O)cc1. The summed E-state index contributed by atoms with van der Waals surface area (Å²) in [5.41, 5.74) is 51.4. The number of unbranched alkanes of at least 4 members (excludes halogenated alkanes) is 3. The molecule has 0 radical (unpaired) electrons. The zero-order chi connectivity index (χ0) is 61.8. The van der Waals surface area contributed by atoms with Crippen molar-refractivity contribution in [3.8, 4) is 5.75 Å². The van der Waals surface area contributed by atoms with E-state index >= 15 is 0 Å². The number of aliphatic imine (C=N–C) groups is 3. The van der Waals surface area contributed by atoms with Crippen LogP contribution in [0.1, 0.15) is 154 Å². The predicted octanol–water partition coefficient (Wildman–Crippen LogP) is -2.15. The Labute approximate surface area is 490 Å². The monoisotopic (exact) mass is 1170 g/mol. The van der Waals surface area contributed by atoms with E-state index < -0.39 is 53.8 Å². The Hall–Kier alpha value is -7.04. The maximum absolute atomic E-state index is 13.9. The number of guanidine groups is 3. The van der Waals surface area contributed by atoms with Crippen LogP contribution >= 0.6 is 0 Å². The van der Waals surface area contributed by atoms with Crippen molar-refractivity contribution >= 4 is 59.2 Å². The number of nitrogens with zero attached hydrogens (tertiary/aromatic N) is 3. The standard InChI is InChI=1S/C55H104N20O8/c1-37(12-3-6-23-56)70-48(79)31-42(16-10-27-68-54(61)62)74-52(83)35-43(17-11-28-69-55(63)64)75-50(81)33-40(14-5-8-25-58)72-49(80)32-39(13-4-7-24-57)73-51(82)34-41(15-9-26-67-53(59)60)71-46(77)22-29-66-47(78)36-44(65-2)30-38-18-20-45(76)21-19-38/h18-21,37,39-44,65,76H,3-17,22-36,56-58H2,1-2H3,(H,66,78)(H,70,79)(H,71,77)(H,72,80)(H,73,82)(H,74,83)(H,75,81)(H4,59,60,67)(H4,61,62,68)(H4,63,64,69)/t37-,39+,40+,41+,42+,43+,44+/m1/s1. The number of nitrogens with one attached hydrogen (secondary N) is 8. The first-order valence-corrected chi connectivity index (χ1v) is 29.4. The van der Waals surface area contributed by atoms with Gasteiger partial charge >= 0.3 is 0 Å². The van der Waals surface area contributed by atoms with Crippen LogP contribution in [0, 0.1) is 0 Å². The van der Waals surface area contributed by atoms with E-state index in [1.54, 1.807) is 31.3 Å². The number of hydrogen-bond donors (Lipinski definition) is 18. The highest BCUT2D eigenvalue weighted by molar-refractivity contribution is 5.84. The van der Waals surface area contributed by atoms with Gasteiger partial charge in [0.15, 0.2) is 17.9 Å². The summed E-state index contributed by atoms with van der Waals surface area (Å²) in [7, 11) is 1.75. The third-order valence-corrected chi connectivity index (χ3v) is 13.4. The molecule has 0 heterocycles. The van der Waals surface area contributed by atoms with Crippen LogP contribution in [-0.4, -0.2) is 159 Å². The van der Waals surface area contributed by atoms with Crippen molar-refractivity contribution in [1.82, 2.24) is 42.5 Å². The number of hydrogen-bond acceptors (Lipinski definition) is 15. The van der Waals surface area contributed by atoms with Gasteiger partial charge in [-0.1, -0.05) is 31.4 Å². The van der Waals surface area contributed by atoms with Gasteiger partial charge in [0, 0.05) is 113 Å². The van der Waals surface area contributed by atoms with Crippen molar-refractivity contribution < 1.29 is 38.7 Å². The topological polar surface area (TPSA) is 507 Å². The molecule has 0 aliphatic rings. The molecule has 0 saturated heterocycles. The van der Waals surface area contributed by atoms with Crippen molar-refractivity contribution in [2.75, 3.05) is 52.9 Å². The van der Waals surface area contributed by atoms with Crippen LogP contribution in [0.4, 0.5) is 0 Å². The maximum Gasteiger partial charge on any atom is 0.222 e. The zero-order valence-electron chi connectivity index (χ0n) is 49.4. The largest absolute Gasteiger partial charge is 0.508 e. The molecule has 0 unspecified atom stereocenters. The molecular weight excluding hydrogens is 1070 g/mol. The molecule has 28 heteroatoms. The van der Waals surface area contributed by atoms with Gasteiger partial charge < -0.3 is 99.2 Å². The fraction of sp³-hybridized carbons (Fsp3) is 0.709. The van der Waals surface area contributed by atoms with Crippen LogP contribution in [-0.2, 0) is 40.0 Å². The molecule has 0 spiro atoms. The van der Waals surface area contributed by atoms with E-state index in [4.69, 9.17) is 51.6 Å². The molecule has 27 N–H and O–H groups in total. The van der Waals surface area contributed by atoms with Crippen molar-refractivity contribution in [1.29, 1.82) is 0 Å². The lowest BCUT2D eigenvalue weighted by Gasteiger charge is -2.25. The number of benzene rings is 1. The average Bonchev–Trinajstić information content (AvgIpc) is 3.42. The highest BCUT2D eigenvalue weighted by atomic mass is 16.3. The van der Waals surface area contributed by atoms with Crippen LogP contribution < -0.4 is 94.1 Å². The van der Waals surface area contributed by atoms with E-state index in [-0.39, 0.29) is 118 Å². The highest BCUT2D eigenvalue weighted by Gasteiger charge is 2.26. The molecule has 1 aromatic carbocycles. The third kappa shape index (κ3) is 40.7. The Morgan fingerprint density at radius 2 is 0.759 bits per heavy atom. The minimum absolute atomic E-state index is 0.00655. The Balaban J connectivity index is 3.16. The van der Waals surface area contributed by atoms with Gasteiger partial charge in [-0.2, -0.15) is 0 Å². The minimum Gasteiger partial charge on any atom is -0.508 e. The van der Waals surface area contributed by atoms with Gasteiger partial charge in [-0.3, -0.25) is 48.5 Å². The van der Waals surface area contributed by atoms with Gasteiger partial charge in [0.2, 0.25) is 41.4 Å². The van der Waals surface area contributed by atoms with Gasteiger partial charge in [-0.25, -0.2) is 0 Å². The number of amides is 7. The summed E-state index contributed by atoms with van der Waals surface area (Å²) >= 11 is 0. The number of phenols is 1. The number of carbonyl (C=O) groups is 7. The number of phenolic OH excluding ortho intramolecular Hbond substituents is 1. The van der Waals surface area contributed by atoms with Crippen molar-refractivity contribution in [3.05, 3.63) is 29.8 Å². The number of rotatable bonds is 48. The lowest BCUT2D eigenvalue weighted by Crippen LogP contribution is -2.47. The van der Waals surface area contributed by atoms with Gasteiger partial charge in [0.1, 0.15) is 5.75 Å². The quantitative estimate of drug-likeness (QED) is 0.0188. The Kier molecular flexibility index (Phi) is 40.5. The van der Waals surface area contributed by atoms with E-state index in [0.29, 0.717) is 110 Å². The third-order valence-electron chi connectivity index (χ3n) is 13.4. The van der Waals surface area contributed by atoms with Gasteiger partial charge in [0.05, 0.1) is 0 Å². The van der Waals surface area contributed by atoms with Gasteiger partial charge in [0.25, 0.3) is 0 Å². The summed E-state index contributed by atoms with van der Waals surface area (Å²) < 4.78 is 0. The lowest BCUT2D eigenvalue weighted by atomic mass is 10.0. The molecule has 472 valence electrons. The van der Waals surface area contributed by atoms with Crippen molar-refractivity contribution in [2.45, 2.75) is 197 Å². The number of aromatic hydroxyl groups is 1. The molecule has 0 saturated carbocycles. The molecule has 0 fully saturated rings. The second-order valence-corrected chi connectivity index (χ2v) is 21.2. The smallest absolute Gasteiger partial charge is 0.222 e.